The Kier molecular flexibility index (Phi) is 6.00. The van der Waals surface area contributed by atoms with E-state index in [1.807, 2.05) is 30.3 Å². The number of hydrogen-bond donors (Lipinski definition) is 3. The monoisotopic (exact) mass is 439 g/mol. The molecule has 8 nitrogen and oxygen atoms in total. The van der Waals surface area contributed by atoms with E-state index in [0.29, 0.717) is 6.42 Å². The molecule has 2 unspecified atom stereocenters. The quantitative estimate of drug-likeness (QED) is 0.563. The number of hydrogen-bond acceptors (Lipinski definition) is 6. The molecule has 166 valence electrons. The topological polar surface area (TPSA) is 116 Å². The fourth-order valence-corrected chi connectivity index (χ4v) is 4.10. The lowest BCUT2D eigenvalue weighted by Crippen LogP contribution is -2.54. The minimum atomic E-state index is -1.13. The van der Waals surface area contributed by atoms with Gasteiger partial charge in [0.1, 0.15) is 11.9 Å². The molecule has 32 heavy (non-hydrogen) atoms. The molecular formula is C23H22FN3O5. The molecule has 3 N–H and O–H groups in total. The number of nitrogens with one attached hydrogen (secondary N) is 2. The molecule has 9 heteroatoms. The van der Waals surface area contributed by atoms with Crippen LogP contribution in [-0.4, -0.2) is 52.8 Å². The number of carbonyl (C=O) groups excluding carboxylic acids is 4. The Balaban J connectivity index is 1.56. The lowest BCUT2D eigenvalue weighted by Gasteiger charge is -2.27. The summed E-state index contributed by atoms with van der Waals surface area (Å²) in [5, 5.41) is 14.8. The zero-order valence-corrected chi connectivity index (χ0v) is 17.1. The van der Waals surface area contributed by atoms with Gasteiger partial charge in [0, 0.05) is 25.5 Å². The van der Waals surface area contributed by atoms with Crippen LogP contribution >= 0.6 is 0 Å². The van der Waals surface area contributed by atoms with E-state index >= 15 is 0 Å². The zero-order valence-electron chi connectivity index (χ0n) is 17.1. The largest absolute Gasteiger partial charge is 0.396 e. The second-order valence-electron chi connectivity index (χ2n) is 7.91. The predicted octanol–water partition coefficient (Wildman–Crippen LogP) is 1.49. The van der Waals surface area contributed by atoms with Crippen LogP contribution in [0.15, 0.2) is 42.5 Å². The lowest BCUT2D eigenvalue weighted by atomic mass is 9.99. The van der Waals surface area contributed by atoms with Gasteiger partial charge in [0.05, 0.1) is 16.8 Å². The zero-order chi connectivity index (χ0) is 22.8. The molecule has 2 heterocycles. The Morgan fingerprint density at radius 2 is 1.84 bits per heavy atom. The highest BCUT2D eigenvalue weighted by molar-refractivity contribution is 6.25. The normalized spacial score (nSPS) is 19.1. The molecule has 2 atom stereocenters. The molecule has 2 aliphatic rings. The first kappa shape index (κ1) is 21.6. The molecule has 4 rings (SSSR count). The molecule has 0 radical (unpaired) electrons. The van der Waals surface area contributed by atoms with E-state index in [1.54, 1.807) is 0 Å². The number of rotatable bonds is 7. The molecular weight excluding hydrogens is 417 g/mol. The average Bonchev–Trinajstić information content (AvgIpc) is 3.03. The van der Waals surface area contributed by atoms with E-state index < -0.39 is 35.5 Å². The highest BCUT2D eigenvalue weighted by atomic mass is 19.1. The Morgan fingerprint density at radius 1 is 1.09 bits per heavy atom. The van der Waals surface area contributed by atoms with Crippen molar-refractivity contribution in [2.75, 3.05) is 18.5 Å². The van der Waals surface area contributed by atoms with Crippen molar-refractivity contribution in [2.45, 2.75) is 25.3 Å². The third-order valence-electron chi connectivity index (χ3n) is 5.75. The van der Waals surface area contributed by atoms with Crippen molar-refractivity contribution in [3.05, 3.63) is 65.0 Å². The van der Waals surface area contributed by atoms with Gasteiger partial charge in [0.2, 0.25) is 11.8 Å². The summed E-state index contributed by atoms with van der Waals surface area (Å²) in [4.78, 5) is 50.4. The fraction of sp³-hybridized carbons (Fsp3) is 0.304. The Bertz CT molecular complexity index is 1090. The Morgan fingerprint density at radius 3 is 2.53 bits per heavy atom. The van der Waals surface area contributed by atoms with Gasteiger partial charge in [-0.05, 0) is 30.5 Å². The van der Waals surface area contributed by atoms with Crippen LogP contribution in [0.1, 0.15) is 39.1 Å². The van der Waals surface area contributed by atoms with E-state index in [0.717, 1.165) is 16.5 Å². The number of aliphatic hydroxyl groups excluding tert-OH is 1. The van der Waals surface area contributed by atoms with Crippen LogP contribution in [0.4, 0.5) is 10.1 Å². The third-order valence-corrected chi connectivity index (χ3v) is 5.75. The van der Waals surface area contributed by atoms with Crippen molar-refractivity contribution in [1.29, 1.82) is 0 Å². The maximum Gasteiger partial charge on any atom is 0.264 e. The van der Waals surface area contributed by atoms with Crippen LogP contribution in [0.5, 0.6) is 0 Å². The highest BCUT2D eigenvalue weighted by Crippen LogP contribution is 2.34. The van der Waals surface area contributed by atoms with Gasteiger partial charge in [-0.3, -0.25) is 29.4 Å². The molecule has 1 saturated heterocycles. The smallest absolute Gasteiger partial charge is 0.264 e. The standard InChI is InChI=1S/C23H22FN3O5/c24-16-7-6-15-19(20(16)25-11-14(12-28)10-13-4-2-1-3-5-13)23(32)27(22(15)31)17-8-9-18(29)26-21(17)30/h1-7,14,17,25,28H,8-12H2,(H,26,29,30). The van der Waals surface area contributed by atoms with E-state index in [1.165, 1.54) is 6.07 Å². The number of benzene rings is 2. The summed E-state index contributed by atoms with van der Waals surface area (Å²) in [6.07, 6.45) is 0.558. The first-order valence-corrected chi connectivity index (χ1v) is 10.3. The van der Waals surface area contributed by atoms with Gasteiger partial charge in [-0.15, -0.1) is 0 Å². The molecule has 0 spiro atoms. The maximum atomic E-state index is 14.7. The first-order chi connectivity index (χ1) is 15.4. The molecule has 0 saturated carbocycles. The number of anilines is 1. The molecule has 2 aromatic rings. The molecule has 0 aromatic heterocycles. The van der Waals surface area contributed by atoms with Gasteiger partial charge in [0.15, 0.2) is 0 Å². The van der Waals surface area contributed by atoms with Gasteiger partial charge in [-0.1, -0.05) is 30.3 Å². The van der Waals surface area contributed by atoms with Crippen LogP contribution in [-0.2, 0) is 16.0 Å². The fourth-order valence-electron chi connectivity index (χ4n) is 4.10. The van der Waals surface area contributed by atoms with Crippen molar-refractivity contribution < 1.29 is 28.7 Å². The highest BCUT2D eigenvalue weighted by Gasteiger charge is 2.46. The van der Waals surface area contributed by atoms with Gasteiger partial charge in [0.25, 0.3) is 11.8 Å². The second kappa shape index (κ2) is 8.88. The van der Waals surface area contributed by atoms with Gasteiger partial charge in [-0.25, -0.2) is 4.39 Å². The summed E-state index contributed by atoms with van der Waals surface area (Å²) in [5.74, 6) is -3.66. The van der Waals surface area contributed by atoms with Crippen molar-refractivity contribution in [3.63, 3.8) is 0 Å². The van der Waals surface area contributed by atoms with Crippen molar-refractivity contribution in [2.24, 2.45) is 5.92 Å². The van der Waals surface area contributed by atoms with Gasteiger partial charge >= 0.3 is 0 Å². The molecule has 0 bridgehead atoms. The number of imide groups is 2. The summed E-state index contributed by atoms with van der Waals surface area (Å²) in [7, 11) is 0. The molecule has 2 aromatic carbocycles. The summed E-state index contributed by atoms with van der Waals surface area (Å²) in [6, 6.07) is 10.7. The third kappa shape index (κ3) is 3.99. The molecule has 4 amide bonds. The van der Waals surface area contributed by atoms with Crippen LogP contribution in [0.25, 0.3) is 0 Å². The summed E-state index contributed by atoms with van der Waals surface area (Å²) < 4.78 is 14.7. The molecule has 1 fully saturated rings. The molecule has 0 aliphatic carbocycles. The number of nitrogens with zero attached hydrogens (tertiary/aromatic N) is 1. The van der Waals surface area contributed by atoms with E-state index in [9.17, 15) is 28.7 Å². The minimum Gasteiger partial charge on any atom is -0.396 e. The summed E-state index contributed by atoms with van der Waals surface area (Å²) in [6.45, 7) is 0.00642. The van der Waals surface area contributed by atoms with Crippen LogP contribution in [0.3, 0.4) is 0 Å². The summed E-state index contributed by atoms with van der Waals surface area (Å²) in [5.41, 5.74) is 0.716. The average molecular weight is 439 g/mol. The van der Waals surface area contributed by atoms with E-state index in [-0.39, 0.29) is 48.7 Å². The number of amides is 4. The molecule has 2 aliphatic heterocycles. The number of fused-ring (bicyclic) bond motifs is 1. The maximum absolute atomic E-state index is 14.7. The SMILES string of the molecule is O=C1CCC(N2C(=O)c3ccc(F)c(NCC(CO)Cc4ccccc4)c3C2=O)C(=O)N1. The lowest BCUT2D eigenvalue weighted by molar-refractivity contribution is -0.136. The predicted molar refractivity (Wildman–Crippen MR) is 112 cm³/mol. The van der Waals surface area contributed by atoms with Crippen LogP contribution in [0, 0.1) is 11.7 Å². The Hall–Kier alpha value is -3.59. The second-order valence-corrected chi connectivity index (χ2v) is 7.91. The van der Waals surface area contributed by atoms with Crippen molar-refractivity contribution in [3.8, 4) is 0 Å². The van der Waals surface area contributed by atoms with Crippen molar-refractivity contribution >= 4 is 29.3 Å². The Labute approximate surface area is 183 Å². The number of piperidine rings is 1. The number of aliphatic hydroxyl groups is 1. The first-order valence-electron chi connectivity index (χ1n) is 10.3. The van der Waals surface area contributed by atoms with Gasteiger partial charge in [-0.2, -0.15) is 0 Å². The van der Waals surface area contributed by atoms with Crippen molar-refractivity contribution in [1.82, 2.24) is 10.2 Å². The minimum absolute atomic E-state index is 0.000939. The van der Waals surface area contributed by atoms with Crippen LogP contribution in [0.2, 0.25) is 0 Å². The van der Waals surface area contributed by atoms with E-state index in [2.05, 4.69) is 10.6 Å². The van der Waals surface area contributed by atoms with Gasteiger partial charge < -0.3 is 10.4 Å². The number of carbonyl (C=O) groups is 4. The number of halogens is 1. The summed E-state index contributed by atoms with van der Waals surface area (Å²) >= 11 is 0. The van der Waals surface area contributed by atoms with Crippen LogP contribution < -0.4 is 10.6 Å². The van der Waals surface area contributed by atoms with E-state index in [4.69, 9.17) is 0 Å².